The maximum absolute atomic E-state index is 11.9. The van der Waals surface area contributed by atoms with Gasteiger partial charge in [-0.3, -0.25) is 9.47 Å². The molecule has 1 fully saturated rings. The molecule has 6 nitrogen and oxygen atoms in total. The fourth-order valence-electron chi connectivity index (χ4n) is 2.28. The van der Waals surface area contributed by atoms with Crippen LogP contribution in [0.3, 0.4) is 0 Å². The van der Waals surface area contributed by atoms with Crippen LogP contribution in [-0.2, 0) is 11.3 Å². The van der Waals surface area contributed by atoms with Crippen molar-refractivity contribution in [2.75, 3.05) is 31.6 Å². The van der Waals surface area contributed by atoms with Gasteiger partial charge in [-0.15, -0.1) is 0 Å². The van der Waals surface area contributed by atoms with E-state index in [1.54, 1.807) is 12.4 Å². The Morgan fingerprint density at radius 1 is 1.24 bits per heavy atom. The molecule has 21 heavy (non-hydrogen) atoms. The molecule has 2 aromatic rings. The maximum atomic E-state index is 11.9. The summed E-state index contributed by atoms with van der Waals surface area (Å²) < 4.78 is 6.74. The van der Waals surface area contributed by atoms with Crippen molar-refractivity contribution in [3.05, 3.63) is 48.5 Å². The molecular formula is C15H18N4O2. The van der Waals surface area contributed by atoms with E-state index in [9.17, 15) is 4.79 Å². The summed E-state index contributed by atoms with van der Waals surface area (Å²) in [6.07, 6.45) is 4.66. The molecule has 1 aromatic heterocycles. The van der Waals surface area contributed by atoms with Crippen LogP contribution in [-0.4, -0.2) is 46.8 Å². The molecule has 0 bridgehead atoms. The number of nitrogens with one attached hydrogen (secondary N) is 1. The van der Waals surface area contributed by atoms with Gasteiger partial charge in [0.25, 0.3) is 0 Å². The second-order valence-electron chi connectivity index (χ2n) is 4.99. The standard InChI is InChI=1S/C15H18N4O2/c20-15(19-6-5-16-12-19)17-14-3-1-13(2-4-14)11-18-7-9-21-10-8-18/h1-6,12H,7-11H2,(H,17,20). The Morgan fingerprint density at radius 2 is 2.00 bits per heavy atom. The van der Waals surface area contributed by atoms with Gasteiger partial charge in [0.05, 0.1) is 13.2 Å². The van der Waals surface area contributed by atoms with Crippen LogP contribution in [0.5, 0.6) is 0 Å². The van der Waals surface area contributed by atoms with Gasteiger partial charge in [-0.05, 0) is 17.7 Å². The van der Waals surface area contributed by atoms with E-state index in [1.165, 1.54) is 16.5 Å². The van der Waals surface area contributed by atoms with Crippen LogP contribution < -0.4 is 5.32 Å². The summed E-state index contributed by atoms with van der Waals surface area (Å²) in [4.78, 5) is 18.1. The summed E-state index contributed by atoms with van der Waals surface area (Å²) in [7, 11) is 0. The van der Waals surface area contributed by atoms with Crippen LogP contribution in [0, 0.1) is 0 Å². The number of nitrogens with zero attached hydrogens (tertiary/aromatic N) is 3. The third kappa shape index (κ3) is 3.68. The average Bonchev–Trinajstić information content (AvgIpc) is 3.05. The Labute approximate surface area is 123 Å². The molecule has 0 aliphatic carbocycles. The summed E-state index contributed by atoms with van der Waals surface area (Å²) in [6.45, 7) is 4.47. The zero-order chi connectivity index (χ0) is 14.5. The van der Waals surface area contributed by atoms with E-state index in [2.05, 4.69) is 15.2 Å². The number of anilines is 1. The van der Waals surface area contributed by atoms with Crippen molar-refractivity contribution in [3.8, 4) is 0 Å². The SMILES string of the molecule is O=C(Nc1ccc(CN2CCOCC2)cc1)n1ccnc1. The Hall–Kier alpha value is -2.18. The van der Waals surface area contributed by atoms with Crippen LogP contribution in [0.25, 0.3) is 0 Å². The normalized spacial score (nSPS) is 15.8. The minimum atomic E-state index is -0.214. The van der Waals surface area contributed by atoms with Gasteiger partial charge in [0.1, 0.15) is 6.33 Å². The number of imidazole rings is 1. The molecule has 110 valence electrons. The number of morpholine rings is 1. The predicted molar refractivity (Wildman–Crippen MR) is 79.2 cm³/mol. The fraction of sp³-hybridized carbons (Fsp3) is 0.333. The summed E-state index contributed by atoms with van der Waals surface area (Å²) in [5, 5.41) is 2.83. The highest BCUT2D eigenvalue weighted by molar-refractivity contribution is 5.90. The predicted octanol–water partition coefficient (Wildman–Crippen LogP) is 1.80. The Kier molecular flexibility index (Phi) is 4.28. The van der Waals surface area contributed by atoms with Crippen LogP contribution in [0.4, 0.5) is 10.5 Å². The van der Waals surface area contributed by atoms with Crippen LogP contribution in [0.2, 0.25) is 0 Å². The van der Waals surface area contributed by atoms with Gasteiger partial charge < -0.3 is 10.1 Å². The summed E-state index contributed by atoms with van der Waals surface area (Å²) >= 11 is 0. The van der Waals surface area contributed by atoms with E-state index in [1.807, 2.05) is 24.3 Å². The number of hydrogen-bond donors (Lipinski definition) is 1. The highest BCUT2D eigenvalue weighted by Crippen LogP contribution is 2.12. The smallest absolute Gasteiger partial charge is 0.331 e. The van der Waals surface area contributed by atoms with Crippen LogP contribution in [0.1, 0.15) is 5.56 Å². The summed E-state index contributed by atoms with van der Waals surface area (Å²) in [5.74, 6) is 0. The molecule has 0 saturated carbocycles. The number of carbonyl (C=O) groups excluding carboxylic acids is 1. The van der Waals surface area contributed by atoms with Crippen molar-refractivity contribution in [2.24, 2.45) is 0 Å². The van der Waals surface area contributed by atoms with E-state index in [0.29, 0.717) is 0 Å². The Morgan fingerprint density at radius 3 is 2.67 bits per heavy atom. The van der Waals surface area contributed by atoms with Gasteiger partial charge in [0.2, 0.25) is 0 Å². The van der Waals surface area contributed by atoms with Crippen LogP contribution in [0.15, 0.2) is 43.0 Å². The van der Waals surface area contributed by atoms with Gasteiger partial charge in [-0.2, -0.15) is 0 Å². The number of aromatic nitrogens is 2. The van der Waals surface area contributed by atoms with Crippen molar-refractivity contribution < 1.29 is 9.53 Å². The number of amides is 1. The van der Waals surface area contributed by atoms with E-state index >= 15 is 0 Å². The summed E-state index contributed by atoms with van der Waals surface area (Å²) in [5.41, 5.74) is 2.01. The first-order chi connectivity index (χ1) is 10.3. The van der Waals surface area contributed by atoms with Crippen molar-refractivity contribution in [1.82, 2.24) is 14.5 Å². The van der Waals surface area contributed by atoms with Crippen molar-refractivity contribution in [3.63, 3.8) is 0 Å². The number of rotatable bonds is 3. The van der Waals surface area contributed by atoms with Gasteiger partial charge in [-0.25, -0.2) is 9.78 Å². The molecule has 1 saturated heterocycles. The molecule has 6 heteroatoms. The minimum Gasteiger partial charge on any atom is -0.379 e. The largest absolute Gasteiger partial charge is 0.379 e. The molecular weight excluding hydrogens is 268 g/mol. The van der Waals surface area contributed by atoms with Gasteiger partial charge in [0, 0.05) is 37.7 Å². The van der Waals surface area contributed by atoms with Crippen LogP contribution >= 0.6 is 0 Å². The average molecular weight is 286 g/mol. The first-order valence-electron chi connectivity index (χ1n) is 6.99. The molecule has 1 aliphatic rings. The van der Waals surface area contributed by atoms with E-state index < -0.39 is 0 Å². The second kappa shape index (κ2) is 6.51. The highest BCUT2D eigenvalue weighted by atomic mass is 16.5. The summed E-state index contributed by atoms with van der Waals surface area (Å²) in [6, 6.07) is 7.71. The molecule has 1 aliphatic heterocycles. The zero-order valence-electron chi connectivity index (χ0n) is 11.7. The lowest BCUT2D eigenvalue weighted by Crippen LogP contribution is -2.35. The third-order valence-corrected chi connectivity index (χ3v) is 3.45. The zero-order valence-corrected chi connectivity index (χ0v) is 11.7. The molecule has 1 aromatic carbocycles. The number of benzene rings is 1. The maximum Gasteiger partial charge on any atom is 0.331 e. The molecule has 0 unspecified atom stereocenters. The molecule has 1 N–H and O–H groups in total. The molecule has 2 heterocycles. The number of ether oxygens (including phenoxy) is 1. The lowest BCUT2D eigenvalue weighted by atomic mass is 10.2. The molecule has 1 amide bonds. The lowest BCUT2D eigenvalue weighted by Gasteiger charge is -2.26. The first-order valence-corrected chi connectivity index (χ1v) is 6.99. The third-order valence-electron chi connectivity index (χ3n) is 3.45. The van der Waals surface area contributed by atoms with E-state index in [4.69, 9.17) is 4.74 Å². The topological polar surface area (TPSA) is 59.4 Å². The second-order valence-corrected chi connectivity index (χ2v) is 4.99. The van der Waals surface area contributed by atoms with Crippen molar-refractivity contribution >= 4 is 11.7 Å². The lowest BCUT2D eigenvalue weighted by molar-refractivity contribution is 0.0342. The monoisotopic (exact) mass is 286 g/mol. The highest BCUT2D eigenvalue weighted by Gasteiger charge is 2.10. The van der Waals surface area contributed by atoms with Gasteiger partial charge >= 0.3 is 6.03 Å². The number of carbonyl (C=O) groups is 1. The van der Waals surface area contributed by atoms with E-state index in [0.717, 1.165) is 38.5 Å². The Balaban J connectivity index is 1.57. The van der Waals surface area contributed by atoms with E-state index in [-0.39, 0.29) is 6.03 Å². The van der Waals surface area contributed by atoms with Crippen molar-refractivity contribution in [2.45, 2.75) is 6.54 Å². The quantitative estimate of drug-likeness (QED) is 0.934. The molecule has 0 radical (unpaired) electrons. The first kappa shape index (κ1) is 13.8. The molecule has 3 rings (SSSR count). The fourth-order valence-corrected chi connectivity index (χ4v) is 2.28. The van der Waals surface area contributed by atoms with Gasteiger partial charge in [-0.1, -0.05) is 12.1 Å². The number of hydrogen-bond acceptors (Lipinski definition) is 4. The van der Waals surface area contributed by atoms with Gasteiger partial charge in [0.15, 0.2) is 0 Å². The molecule has 0 spiro atoms. The minimum absolute atomic E-state index is 0.214. The Bertz CT molecular complexity index is 574. The molecule has 0 atom stereocenters. The van der Waals surface area contributed by atoms with Crippen molar-refractivity contribution in [1.29, 1.82) is 0 Å².